The number of benzene rings is 3. The van der Waals surface area contributed by atoms with Crippen LogP contribution in [0.5, 0.6) is 5.75 Å². The Morgan fingerprint density at radius 1 is 0.742 bits per heavy atom. The van der Waals surface area contributed by atoms with Gasteiger partial charge in [-0.3, -0.25) is 9.59 Å². The molecule has 0 aromatic heterocycles. The standard InChI is InChI=1S/C26H26N2O3/c1-18(21-11-5-3-6-12-21)27-25(30)24(17-20-10-9-15-23(29)16-20)26(31)28-19(2)22-13-7-4-8-14-22/h3-19,29H,1-2H3,(H,27,30)(H,28,31)/t18-,19-/m0/s1. The zero-order valence-electron chi connectivity index (χ0n) is 17.6. The minimum Gasteiger partial charge on any atom is -0.508 e. The van der Waals surface area contributed by atoms with Crippen LogP contribution >= 0.6 is 0 Å². The molecule has 0 aliphatic rings. The number of amides is 2. The van der Waals surface area contributed by atoms with Gasteiger partial charge in [-0.25, -0.2) is 0 Å². The molecule has 0 saturated carbocycles. The minimum atomic E-state index is -0.488. The van der Waals surface area contributed by atoms with E-state index in [1.54, 1.807) is 12.1 Å². The SMILES string of the molecule is C[C@H](NC(=O)C(=Cc1cccc(O)c1)C(=O)N[C@@H](C)c1ccccc1)c1ccccc1. The van der Waals surface area contributed by atoms with Crippen LogP contribution in [0, 0.1) is 0 Å². The molecule has 0 aliphatic heterocycles. The number of phenolic OH excluding ortho intramolecular Hbond substituents is 1. The molecule has 0 unspecified atom stereocenters. The van der Waals surface area contributed by atoms with Crippen LogP contribution in [0.15, 0.2) is 90.5 Å². The van der Waals surface area contributed by atoms with Gasteiger partial charge in [0, 0.05) is 0 Å². The summed E-state index contributed by atoms with van der Waals surface area (Å²) in [6.45, 7) is 3.73. The first-order chi connectivity index (χ1) is 14.9. The van der Waals surface area contributed by atoms with E-state index in [2.05, 4.69) is 10.6 Å². The lowest BCUT2D eigenvalue weighted by Gasteiger charge is -2.18. The molecule has 0 heterocycles. The van der Waals surface area contributed by atoms with Crippen LogP contribution in [0.3, 0.4) is 0 Å². The lowest BCUT2D eigenvalue weighted by Crippen LogP contribution is -2.36. The van der Waals surface area contributed by atoms with Gasteiger partial charge in [-0.2, -0.15) is 0 Å². The van der Waals surface area contributed by atoms with E-state index in [0.717, 1.165) is 11.1 Å². The molecular weight excluding hydrogens is 388 g/mol. The van der Waals surface area contributed by atoms with Gasteiger partial charge < -0.3 is 15.7 Å². The number of hydrogen-bond donors (Lipinski definition) is 3. The van der Waals surface area contributed by atoms with Gasteiger partial charge in [0.2, 0.25) is 0 Å². The van der Waals surface area contributed by atoms with E-state index in [4.69, 9.17) is 0 Å². The van der Waals surface area contributed by atoms with Crippen LogP contribution in [-0.2, 0) is 9.59 Å². The van der Waals surface area contributed by atoms with E-state index >= 15 is 0 Å². The van der Waals surface area contributed by atoms with E-state index in [9.17, 15) is 14.7 Å². The van der Waals surface area contributed by atoms with Crippen molar-refractivity contribution in [3.63, 3.8) is 0 Å². The Bertz CT molecular complexity index is 1000. The Morgan fingerprint density at radius 3 is 1.68 bits per heavy atom. The first-order valence-electron chi connectivity index (χ1n) is 10.2. The molecule has 2 atom stereocenters. The van der Waals surface area contributed by atoms with Crippen LogP contribution in [0.2, 0.25) is 0 Å². The molecule has 0 bridgehead atoms. The van der Waals surface area contributed by atoms with E-state index in [-0.39, 0.29) is 23.4 Å². The molecule has 158 valence electrons. The van der Waals surface area contributed by atoms with Gasteiger partial charge in [-0.15, -0.1) is 0 Å². The molecule has 0 saturated heterocycles. The van der Waals surface area contributed by atoms with Gasteiger partial charge in [0.25, 0.3) is 11.8 Å². The summed E-state index contributed by atoms with van der Waals surface area (Å²) in [4.78, 5) is 26.1. The van der Waals surface area contributed by atoms with Crippen LogP contribution in [0.1, 0.15) is 42.6 Å². The summed E-state index contributed by atoms with van der Waals surface area (Å²) >= 11 is 0. The highest BCUT2D eigenvalue weighted by molar-refractivity contribution is 6.21. The fourth-order valence-corrected chi connectivity index (χ4v) is 3.21. The van der Waals surface area contributed by atoms with Gasteiger partial charge >= 0.3 is 0 Å². The average molecular weight is 415 g/mol. The van der Waals surface area contributed by atoms with Crippen molar-refractivity contribution in [2.45, 2.75) is 25.9 Å². The zero-order valence-corrected chi connectivity index (χ0v) is 17.6. The van der Waals surface area contributed by atoms with Crippen molar-refractivity contribution in [2.24, 2.45) is 0 Å². The molecule has 3 rings (SSSR count). The van der Waals surface area contributed by atoms with Gasteiger partial charge in [0.15, 0.2) is 0 Å². The fourth-order valence-electron chi connectivity index (χ4n) is 3.21. The van der Waals surface area contributed by atoms with Crippen molar-refractivity contribution < 1.29 is 14.7 Å². The van der Waals surface area contributed by atoms with Crippen molar-refractivity contribution in [1.29, 1.82) is 0 Å². The number of carbonyl (C=O) groups is 2. The third kappa shape index (κ3) is 6.06. The molecule has 3 N–H and O–H groups in total. The van der Waals surface area contributed by atoms with E-state index < -0.39 is 11.8 Å². The van der Waals surface area contributed by atoms with Crippen molar-refractivity contribution >= 4 is 17.9 Å². The number of hydrogen-bond acceptors (Lipinski definition) is 3. The van der Waals surface area contributed by atoms with E-state index in [1.807, 2.05) is 74.5 Å². The highest BCUT2D eigenvalue weighted by Gasteiger charge is 2.22. The molecule has 3 aromatic rings. The Balaban J connectivity index is 1.85. The Morgan fingerprint density at radius 2 is 1.23 bits per heavy atom. The van der Waals surface area contributed by atoms with Crippen molar-refractivity contribution in [1.82, 2.24) is 10.6 Å². The molecule has 5 nitrogen and oxygen atoms in total. The minimum absolute atomic E-state index is 0.0313. The Hall–Kier alpha value is -3.86. The quantitative estimate of drug-likeness (QED) is 0.302. The molecule has 31 heavy (non-hydrogen) atoms. The summed E-state index contributed by atoms with van der Waals surface area (Å²) in [7, 11) is 0. The normalized spacial score (nSPS) is 12.3. The maximum absolute atomic E-state index is 13.1. The third-order valence-corrected chi connectivity index (χ3v) is 4.96. The maximum Gasteiger partial charge on any atom is 0.257 e. The first kappa shape index (κ1) is 21.8. The van der Waals surface area contributed by atoms with Crippen LogP contribution in [0.25, 0.3) is 6.08 Å². The highest BCUT2D eigenvalue weighted by atomic mass is 16.3. The van der Waals surface area contributed by atoms with Crippen LogP contribution in [0.4, 0.5) is 0 Å². The van der Waals surface area contributed by atoms with Crippen molar-refractivity contribution in [3.05, 3.63) is 107 Å². The van der Waals surface area contributed by atoms with E-state index in [0.29, 0.717) is 5.56 Å². The second kappa shape index (κ2) is 10.3. The lowest BCUT2D eigenvalue weighted by atomic mass is 10.0. The van der Waals surface area contributed by atoms with Gasteiger partial charge in [-0.05, 0) is 48.7 Å². The molecule has 3 aromatic carbocycles. The molecule has 0 radical (unpaired) electrons. The molecule has 0 spiro atoms. The highest BCUT2D eigenvalue weighted by Crippen LogP contribution is 2.18. The van der Waals surface area contributed by atoms with Crippen molar-refractivity contribution in [2.75, 3.05) is 0 Å². The summed E-state index contributed by atoms with van der Waals surface area (Å²) in [5.74, 6) is -0.917. The topological polar surface area (TPSA) is 78.4 Å². The summed E-state index contributed by atoms with van der Waals surface area (Å²) in [5.41, 5.74) is 2.40. The van der Waals surface area contributed by atoms with Crippen LogP contribution in [-0.4, -0.2) is 16.9 Å². The Kier molecular flexibility index (Phi) is 7.22. The summed E-state index contributed by atoms with van der Waals surface area (Å²) < 4.78 is 0. The largest absolute Gasteiger partial charge is 0.508 e. The third-order valence-electron chi connectivity index (χ3n) is 4.96. The summed E-state index contributed by atoms with van der Waals surface area (Å²) in [5, 5.41) is 15.5. The van der Waals surface area contributed by atoms with Crippen molar-refractivity contribution in [3.8, 4) is 5.75 Å². The van der Waals surface area contributed by atoms with Crippen LogP contribution < -0.4 is 10.6 Å². The summed E-state index contributed by atoms with van der Waals surface area (Å²) in [6, 6.07) is 24.9. The molecular formula is C26H26N2O3. The molecule has 5 heteroatoms. The number of rotatable bonds is 7. The maximum atomic E-state index is 13.1. The monoisotopic (exact) mass is 414 g/mol. The predicted octanol–water partition coefficient (Wildman–Crippen LogP) is 4.53. The second-order valence-electron chi connectivity index (χ2n) is 7.36. The Labute approximate surface area is 182 Å². The van der Waals surface area contributed by atoms with E-state index in [1.165, 1.54) is 18.2 Å². The van der Waals surface area contributed by atoms with Gasteiger partial charge in [0.05, 0.1) is 12.1 Å². The molecule has 2 amide bonds. The lowest BCUT2D eigenvalue weighted by molar-refractivity contribution is -0.124. The second-order valence-corrected chi connectivity index (χ2v) is 7.36. The van der Waals surface area contributed by atoms with Gasteiger partial charge in [-0.1, -0.05) is 72.8 Å². The number of nitrogens with one attached hydrogen (secondary N) is 2. The number of phenols is 1. The molecule has 0 aliphatic carbocycles. The first-order valence-corrected chi connectivity index (χ1v) is 10.2. The number of aromatic hydroxyl groups is 1. The van der Waals surface area contributed by atoms with Gasteiger partial charge in [0.1, 0.15) is 11.3 Å². The summed E-state index contributed by atoms with van der Waals surface area (Å²) in [6.07, 6.45) is 1.49. The number of carbonyl (C=O) groups excluding carboxylic acids is 2. The zero-order chi connectivity index (χ0) is 22.2. The smallest absolute Gasteiger partial charge is 0.257 e. The predicted molar refractivity (Wildman–Crippen MR) is 122 cm³/mol. The fraction of sp³-hybridized carbons (Fsp3) is 0.154. The average Bonchev–Trinajstić information content (AvgIpc) is 2.78. The molecule has 0 fully saturated rings.